The number of anilines is 1. The number of para-hydroxylation sites is 1. The van der Waals surface area contributed by atoms with Crippen molar-refractivity contribution in [2.24, 2.45) is 11.7 Å². The molecule has 6 heteroatoms. The summed E-state index contributed by atoms with van der Waals surface area (Å²) >= 11 is 0. The zero-order chi connectivity index (χ0) is 13.8. The van der Waals surface area contributed by atoms with Crippen LogP contribution in [0.4, 0.5) is 5.69 Å². The molecule has 0 radical (unpaired) electrons. The molecule has 0 saturated heterocycles. The Kier molecular flexibility index (Phi) is 3.91. The second-order valence-electron chi connectivity index (χ2n) is 4.30. The number of nitrogens with one attached hydrogen (secondary N) is 1. The smallest absolute Gasteiger partial charge is 0.249 e. The van der Waals surface area contributed by atoms with E-state index in [9.17, 15) is 4.79 Å². The molecule has 1 atom stereocenters. The third-order valence-corrected chi connectivity index (χ3v) is 2.74. The molecule has 0 aliphatic rings. The van der Waals surface area contributed by atoms with Crippen LogP contribution in [-0.2, 0) is 4.79 Å². The van der Waals surface area contributed by atoms with Crippen molar-refractivity contribution in [3.8, 4) is 11.5 Å². The molecule has 0 fully saturated rings. The standard InChI is InChI=1S/C13H16N4O2/c1-8(7-14)12(18)15-11-6-4-3-5-10(11)13-17-16-9(2)19-13/h3-6,8H,7,14H2,1-2H3,(H,15,18). The van der Waals surface area contributed by atoms with Crippen LogP contribution in [0.15, 0.2) is 28.7 Å². The maximum atomic E-state index is 11.9. The molecule has 3 N–H and O–H groups in total. The van der Waals surface area contributed by atoms with Gasteiger partial charge in [-0.15, -0.1) is 10.2 Å². The fraction of sp³-hybridized carbons (Fsp3) is 0.308. The van der Waals surface area contributed by atoms with Crippen LogP contribution in [0.3, 0.4) is 0 Å². The summed E-state index contributed by atoms with van der Waals surface area (Å²) < 4.78 is 5.38. The number of rotatable bonds is 4. The maximum absolute atomic E-state index is 11.9. The lowest BCUT2D eigenvalue weighted by Crippen LogP contribution is -2.26. The summed E-state index contributed by atoms with van der Waals surface area (Å²) in [5, 5.41) is 10.6. The van der Waals surface area contributed by atoms with Crippen molar-refractivity contribution in [2.75, 3.05) is 11.9 Å². The van der Waals surface area contributed by atoms with E-state index in [1.165, 1.54) is 0 Å². The van der Waals surface area contributed by atoms with E-state index < -0.39 is 0 Å². The number of hydrogen-bond acceptors (Lipinski definition) is 5. The van der Waals surface area contributed by atoms with Crippen molar-refractivity contribution in [2.45, 2.75) is 13.8 Å². The highest BCUT2D eigenvalue weighted by atomic mass is 16.4. The summed E-state index contributed by atoms with van der Waals surface area (Å²) in [5.41, 5.74) is 6.81. The molecule has 0 aliphatic heterocycles. The first-order valence-corrected chi connectivity index (χ1v) is 6.02. The van der Waals surface area contributed by atoms with Gasteiger partial charge < -0.3 is 15.5 Å². The lowest BCUT2D eigenvalue weighted by atomic mass is 10.1. The second kappa shape index (κ2) is 5.62. The minimum atomic E-state index is -0.252. The van der Waals surface area contributed by atoms with Crippen molar-refractivity contribution in [3.63, 3.8) is 0 Å². The molecule has 2 rings (SSSR count). The lowest BCUT2D eigenvalue weighted by Gasteiger charge is -2.11. The molecule has 19 heavy (non-hydrogen) atoms. The van der Waals surface area contributed by atoms with Crippen LogP contribution >= 0.6 is 0 Å². The summed E-state index contributed by atoms with van der Waals surface area (Å²) in [6, 6.07) is 7.28. The van der Waals surface area contributed by atoms with Crippen molar-refractivity contribution < 1.29 is 9.21 Å². The molecule has 1 unspecified atom stereocenters. The average Bonchev–Trinajstić information content (AvgIpc) is 2.85. The van der Waals surface area contributed by atoms with E-state index in [-0.39, 0.29) is 11.8 Å². The first-order valence-electron chi connectivity index (χ1n) is 6.02. The molecule has 1 amide bonds. The summed E-state index contributed by atoms with van der Waals surface area (Å²) in [5.74, 6) is 0.476. The van der Waals surface area contributed by atoms with Gasteiger partial charge in [-0.1, -0.05) is 19.1 Å². The van der Waals surface area contributed by atoms with E-state index in [1.807, 2.05) is 18.2 Å². The van der Waals surface area contributed by atoms with Crippen LogP contribution in [0.25, 0.3) is 11.5 Å². The van der Waals surface area contributed by atoms with Crippen LogP contribution in [0.2, 0.25) is 0 Å². The van der Waals surface area contributed by atoms with E-state index in [0.29, 0.717) is 29.6 Å². The number of carbonyl (C=O) groups is 1. The van der Waals surface area contributed by atoms with Gasteiger partial charge in [0, 0.05) is 19.4 Å². The number of aromatic nitrogens is 2. The van der Waals surface area contributed by atoms with Crippen molar-refractivity contribution in [3.05, 3.63) is 30.2 Å². The first-order chi connectivity index (χ1) is 9.11. The van der Waals surface area contributed by atoms with E-state index in [1.54, 1.807) is 19.9 Å². The van der Waals surface area contributed by atoms with Gasteiger partial charge >= 0.3 is 0 Å². The van der Waals surface area contributed by atoms with Gasteiger partial charge in [-0.3, -0.25) is 4.79 Å². The molecule has 2 aromatic rings. The van der Waals surface area contributed by atoms with Crippen molar-refractivity contribution in [1.82, 2.24) is 10.2 Å². The van der Waals surface area contributed by atoms with Gasteiger partial charge in [0.15, 0.2) is 0 Å². The number of nitrogens with zero attached hydrogens (tertiary/aromatic N) is 2. The summed E-state index contributed by atoms with van der Waals surface area (Å²) in [7, 11) is 0. The molecule has 1 aromatic heterocycles. The number of amides is 1. The maximum Gasteiger partial charge on any atom is 0.249 e. The van der Waals surface area contributed by atoms with E-state index in [4.69, 9.17) is 10.2 Å². The van der Waals surface area contributed by atoms with Gasteiger partial charge in [0.25, 0.3) is 0 Å². The van der Waals surface area contributed by atoms with Gasteiger partial charge in [-0.2, -0.15) is 0 Å². The SMILES string of the molecule is Cc1nnc(-c2ccccc2NC(=O)C(C)CN)o1. The molecule has 6 nitrogen and oxygen atoms in total. The summed E-state index contributed by atoms with van der Waals surface area (Å²) in [4.78, 5) is 11.9. The Morgan fingerprint density at radius 1 is 1.42 bits per heavy atom. The summed E-state index contributed by atoms with van der Waals surface area (Å²) in [6.45, 7) is 3.79. The van der Waals surface area contributed by atoms with Gasteiger partial charge in [-0.25, -0.2) is 0 Å². The third kappa shape index (κ3) is 2.97. The van der Waals surface area contributed by atoms with E-state index in [2.05, 4.69) is 15.5 Å². The molecule has 0 saturated carbocycles. The number of nitrogens with two attached hydrogens (primary N) is 1. The van der Waals surface area contributed by atoms with Gasteiger partial charge in [0.2, 0.25) is 17.7 Å². The Morgan fingerprint density at radius 2 is 2.16 bits per heavy atom. The van der Waals surface area contributed by atoms with Crippen LogP contribution in [0.5, 0.6) is 0 Å². The number of benzene rings is 1. The minimum Gasteiger partial charge on any atom is -0.421 e. The highest BCUT2D eigenvalue weighted by Crippen LogP contribution is 2.26. The van der Waals surface area contributed by atoms with Crippen LogP contribution < -0.4 is 11.1 Å². The predicted octanol–water partition coefficient (Wildman–Crippen LogP) is 1.58. The number of carbonyl (C=O) groups excluding carboxylic acids is 1. The van der Waals surface area contributed by atoms with Crippen LogP contribution in [0.1, 0.15) is 12.8 Å². The third-order valence-electron chi connectivity index (χ3n) is 2.74. The second-order valence-corrected chi connectivity index (χ2v) is 4.30. The Labute approximate surface area is 111 Å². The molecular weight excluding hydrogens is 244 g/mol. The average molecular weight is 260 g/mol. The molecule has 1 heterocycles. The van der Waals surface area contributed by atoms with E-state index in [0.717, 1.165) is 0 Å². The van der Waals surface area contributed by atoms with Crippen LogP contribution in [-0.4, -0.2) is 22.6 Å². The first kappa shape index (κ1) is 13.2. The normalized spacial score (nSPS) is 12.2. The largest absolute Gasteiger partial charge is 0.421 e. The molecular formula is C13H16N4O2. The van der Waals surface area contributed by atoms with Crippen LogP contribution in [0, 0.1) is 12.8 Å². The fourth-order valence-corrected chi connectivity index (χ4v) is 1.55. The Hall–Kier alpha value is -2.21. The zero-order valence-electron chi connectivity index (χ0n) is 10.9. The van der Waals surface area contributed by atoms with E-state index >= 15 is 0 Å². The molecule has 0 spiro atoms. The van der Waals surface area contributed by atoms with Crippen molar-refractivity contribution in [1.29, 1.82) is 0 Å². The van der Waals surface area contributed by atoms with Crippen molar-refractivity contribution >= 4 is 11.6 Å². The monoisotopic (exact) mass is 260 g/mol. The molecule has 0 bridgehead atoms. The highest BCUT2D eigenvalue weighted by Gasteiger charge is 2.15. The Morgan fingerprint density at radius 3 is 2.79 bits per heavy atom. The number of hydrogen-bond donors (Lipinski definition) is 2. The van der Waals surface area contributed by atoms with Gasteiger partial charge in [-0.05, 0) is 12.1 Å². The quantitative estimate of drug-likeness (QED) is 0.870. The topological polar surface area (TPSA) is 94.0 Å². The zero-order valence-corrected chi connectivity index (χ0v) is 10.9. The Balaban J connectivity index is 2.29. The molecule has 1 aromatic carbocycles. The van der Waals surface area contributed by atoms with Gasteiger partial charge in [0.05, 0.1) is 11.3 Å². The molecule has 100 valence electrons. The highest BCUT2D eigenvalue weighted by molar-refractivity contribution is 5.95. The number of aryl methyl sites for hydroxylation is 1. The minimum absolute atomic E-state index is 0.133. The Bertz CT molecular complexity index is 580. The van der Waals surface area contributed by atoms with Gasteiger partial charge in [0.1, 0.15) is 0 Å². The lowest BCUT2D eigenvalue weighted by molar-refractivity contribution is -0.119. The fourth-order valence-electron chi connectivity index (χ4n) is 1.55. The molecule has 0 aliphatic carbocycles. The summed E-state index contributed by atoms with van der Waals surface area (Å²) in [6.07, 6.45) is 0. The predicted molar refractivity (Wildman–Crippen MR) is 71.3 cm³/mol.